The molecule has 4 N–H and O–H groups in total. The number of nitrogen functional groups attached to an aromatic ring is 1. The highest BCUT2D eigenvalue weighted by molar-refractivity contribution is 7.10. The molecule has 3 aliphatic rings. The van der Waals surface area contributed by atoms with E-state index in [0.717, 1.165) is 16.0 Å². The molecule has 0 radical (unpaired) electrons. The minimum absolute atomic E-state index is 0.0131. The second-order valence-corrected chi connectivity index (χ2v) is 12.7. The van der Waals surface area contributed by atoms with E-state index < -0.39 is 42.0 Å². The number of hydrogen-bond donors (Lipinski definition) is 3. The first-order valence-corrected chi connectivity index (χ1v) is 15.9. The summed E-state index contributed by atoms with van der Waals surface area (Å²) in [7, 11) is 0. The highest BCUT2D eigenvalue weighted by Gasteiger charge is 2.52. The van der Waals surface area contributed by atoms with E-state index >= 15 is 0 Å². The summed E-state index contributed by atoms with van der Waals surface area (Å²) in [6.45, 7) is 2.10. The molecular weight excluding hydrogens is 630 g/mol. The number of carbonyl (C=O) groups is 3. The van der Waals surface area contributed by atoms with Crippen molar-refractivity contribution in [3.8, 4) is 22.3 Å². The lowest BCUT2D eigenvalue weighted by Crippen LogP contribution is -2.49. The van der Waals surface area contributed by atoms with Crippen LogP contribution in [0, 0.1) is 0 Å². The summed E-state index contributed by atoms with van der Waals surface area (Å²) in [6, 6.07) is 10.8. The van der Waals surface area contributed by atoms with Gasteiger partial charge in [0.1, 0.15) is 6.04 Å². The molecule has 14 heteroatoms. The largest absolute Gasteiger partial charge is 0.368 e. The van der Waals surface area contributed by atoms with Gasteiger partial charge in [-0.2, -0.15) is 8.78 Å². The molecule has 2 aromatic heterocycles. The van der Waals surface area contributed by atoms with Gasteiger partial charge in [0, 0.05) is 45.9 Å². The number of thiophene rings is 1. The normalized spacial score (nSPS) is 19.3. The van der Waals surface area contributed by atoms with Crippen molar-refractivity contribution >= 4 is 35.0 Å². The number of benzene rings is 2. The Morgan fingerprint density at radius 1 is 1.04 bits per heavy atom. The van der Waals surface area contributed by atoms with Crippen LogP contribution in [0.5, 0.6) is 0 Å². The molecule has 1 spiro atoms. The fraction of sp³-hybridized carbons (Fsp3) is 0.303. The molecule has 0 unspecified atom stereocenters. The second-order valence-electron chi connectivity index (χ2n) is 11.7. The minimum atomic E-state index is -3.17. The van der Waals surface area contributed by atoms with Crippen LogP contribution in [0.4, 0.5) is 14.7 Å². The quantitative estimate of drug-likeness (QED) is 0.271. The van der Waals surface area contributed by atoms with Crippen LogP contribution in [0.15, 0.2) is 66.3 Å². The molecule has 2 atom stereocenters. The molecule has 1 aliphatic carbocycles. The molecule has 47 heavy (non-hydrogen) atoms. The van der Waals surface area contributed by atoms with Crippen molar-refractivity contribution < 1.29 is 32.6 Å². The summed E-state index contributed by atoms with van der Waals surface area (Å²) < 4.78 is 41.6. The third-order valence-corrected chi connectivity index (χ3v) is 9.83. The maximum absolute atomic E-state index is 15.0. The number of fused-ring (bicyclic) bond motifs is 3. The van der Waals surface area contributed by atoms with E-state index in [1.54, 1.807) is 30.6 Å². The summed E-state index contributed by atoms with van der Waals surface area (Å²) in [5, 5.41) is 7.52. The van der Waals surface area contributed by atoms with Crippen LogP contribution < -0.4 is 16.4 Å². The molecule has 2 fully saturated rings. The van der Waals surface area contributed by atoms with Crippen molar-refractivity contribution in [2.45, 2.75) is 37.1 Å². The fourth-order valence-corrected chi connectivity index (χ4v) is 7.24. The predicted octanol–water partition coefficient (Wildman–Crippen LogP) is 3.86. The van der Waals surface area contributed by atoms with Gasteiger partial charge in [-0.3, -0.25) is 14.4 Å². The molecule has 2 aromatic carbocycles. The standard InChI is InChI=1S/C33H30F2N6O5S/c1-18(27-11-20(16-47-27)21-13-38-31(36)39-14-21)40-30(44)26-12-32(45-8-9-46-32)17-41(26)28(42)15-37-29(43)19-6-7-25-23(10-19)22-4-2-3-5-24(22)33(25,34)35/h2-7,10-11,13-14,16,18,26H,8-9,12,15,17H2,1H3,(H,37,43)(H,40,44)(H2,36,38,39)/t18-,26+/m1/s1. The average Bonchev–Trinajstić information content (AvgIpc) is 3.87. The Kier molecular flexibility index (Phi) is 7.73. The van der Waals surface area contributed by atoms with Crippen LogP contribution in [-0.2, 0) is 25.0 Å². The topological polar surface area (TPSA) is 149 Å². The molecule has 0 saturated carbocycles. The summed E-state index contributed by atoms with van der Waals surface area (Å²) in [5.41, 5.74) is 7.74. The van der Waals surface area contributed by atoms with Crippen LogP contribution in [0.2, 0.25) is 0 Å². The maximum atomic E-state index is 15.0. The van der Waals surface area contributed by atoms with E-state index in [-0.39, 0.29) is 47.2 Å². The molecule has 4 aromatic rings. The molecular formula is C33H30F2N6O5S. The predicted molar refractivity (Wildman–Crippen MR) is 168 cm³/mol. The van der Waals surface area contributed by atoms with E-state index in [4.69, 9.17) is 15.2 Å². The molecule has 11 nitrogen and oxygen atoms in total. The van der Waals surface area contributed by atoms with Crippen LogP contribution in [0.1, 0.15) is 45.7 Å². The van der Waals surface area contributed by atoms with Gasteiger partial charge in [-0.1, -0.05) is 30.3 Å². The zero-order valence-corrected chi connectivity index (χ0v) is 26.0. The fourth-order valence-electron chi connectivity index (χ4n) is 6.32. The zero-order chi connectivity index (χ0) is 32.9. The number of likely N-dealkylation sites (tertiary alicyclic amines) is 1. The van der Waals surface area contributed by atoms with Crippen molar-refractivity contribution in [1.29, 1.82) is 0 Å². The summed E-state index contributed by atoms with van der Waals surface area (Å²) in [5.74, 6) is -5.62. The zero-order valence-electron chi connectivity index (χ0n) is 25.2. The average molecular weight is 661 g/mol. The first kappa shape index (κ1) is 30.8. The molecule has 2 saturated heterocycles. The third-order valence-electron chi connectivity index (χ3n) is 8.71. The van der Waals surface area contributed by atoms with Crippen molar-refractivity contribution in [3.05, 3.63) is 87.9 Å². The second kappa shape index (κ2) is 11.8. The first-order valence-electron chi connectivity index (χ1n) is 15.0. The van der Waals surface area contributed by atoms with E-state index in [9.17, 15) is 23.2 Å². The Morgan fingerprint density at radius 2 is 1.77 bits per heavy atom. The molecule has 7 rings (SSSR count). The summed E-state index contributed by atoms with van der Waals surface area (Å²) >= 11 is 1.46. The molecule has 4 heterocycles. The van der Waals surface area contributed by atoms with E-state index in [2.05, 4.69) is 20.6 Å². The number of nitrogens with two attached hydrogens (primary N) is 1. The Balaban J connectivity index is 1.03. The number of halogens is 2. The number of amides is 3. The van der Waals surface area contributed by atoms with E-state index in [1.807, 2.05) is 18.4 Å². The Hall–Kier alpha value is -4.79. The van der Waals surface area contributed by atoms with Gasteiger partial charge in [0.15, 0.2) is 5.79 Å². The van der Waals surface area contributed by atoms with Gasteiger partial charge in [0.05, 0.1) is 32.3 Å². The van der Waals surface area contributed by atoms with Crippen molar-refractivity contribution in [1.82, 2.24) is 25.5 Å². The molecule has 3 amide bonds. The highest BCUT2D eigenvalue weighted by Crippen LogP contribution is 2.51. The lowest BCUT2D eigenvalue weighted by atomic mass is 10.0. The number of alkyl halides is 2. The number of rotatable bonds is 7. The highest BCUT2D eigenvalue weighted by atomic mass is 32.1. The van der Waals surface area contributed by atoms with Crippen LogP contribution >= 0.6 is 11.3 Å². The number of carbonyl (C=O) groups excluding carboxylic acids is 3. The van der Waals surface area contributed by atoms with Crippen molar-refractivity contribution in [2.75, 3.05) is 32.0 Å². The van der Waals surface area contributed by atoms with E-state index in [0.29, 0.717) is 18.8 Å². The maximum Gasteiger partial charge on any atom is 0.299 e. The summed E-state index contributed by atoms with van der Waals surface area (Å²) in [4.78, 5) is 50.5. The monoisotopic (exact) mass is 660 g/mol. The van der Waals surface area contributed by atoms with Gasteiger partial charge in [0.2, 0.25) is 17.8 Å². The third kappa shape index (κ3) is 5.62. The lowest BCUT2D eigenvalue weighted by Gasteiger charge is -2.25. The van der Waals surface area contributed by atoms with Gasteiger partial charge in [0.25, 0.3) is 11.8 Å². The number of hydrogen-bond acceptors (Lipinski definition) is 9. The van der Waals surface area contributed by atoms with Crippen LogP contribution in [0.25, 0.3) is 22.3 Å². The Morgan fingerprint density at radius 3 is 2.53 bits per heavy atom. The van der Waals surface area contributed by atoms with E-state index in [1.165, 1.54) is 40.5 Å². The van der Waals surface area contributed by atoms with Gasteiger partial charge in [-0.25, -0.2) is 9.97 Å². The number of anilines is 1. The Bertz CT molecular complexity index is 1880. The molecule has 2 aliphatic heterocycles. The number of nitrogens with one attached hydrogen (secondary N) is 2. The Labute approximate surface area is 272 Å². The number of aromatic nitrogens is 2. The van der Waals surface area contributed by atoms with Gasteiger partial charge in [-0.15, -0.1) is 11.3 Å². The number of nitrogens with zero attached hydrogens (tertiary/aromatic N) is 3. The van der Waals surface area contributed by atoms with Gasteiger partial charge >= 0.3 is 0 Å². The first-order chi connectivity index (χ1) is 22.5. The van der Waals surface area contributed by atoms with Crippen LogP contribution in [-0.4, -0.2) is 70.7 Å². The van der Waals surface area contributed by atoms with Gasteiger partial charge < -0.3 is 30.7 Å². The SMILES string of the molecule is C[C@@H](NC(=O)[C@@H]1CC2(CN1C(=O)CNC(=O)c1ccc3c(c1)-c1ccccc1C3(F)F)OCCO2)c1cc(-c2cnc(N)nc2)cs1. The molecule has 0 bridgehead atoms. The van der Waals surface area contributed by atoms with Crippen molar-refractivity contribution in [3.63, 3.8) is 0 Å². The van der Waals surface area contributed by atoms with Crippen LogP contribution in [0.3, 0.4) is 0 Å². The lowest BCUT2D eigenvalue weighted by molar-refractivity contribution is -0.152. The molecule has 242 valence electrons. The van der Waals surface area contributed by atoms with Gasteiger partial charge in [-0.05, 0) is 47.2 Å². The smallest absolute Gasteiger partial charge is 0.299 e. The minimum Gasteiger partial charge on any atom is -0.368 e. The van der Waals surface area contributed by atoms with Crippen molar-refractivity contribution in [2.24, 2.45) is 0 Å². The summed E-state index contributed by atoms with van der Waals surface area (Å²) in [6.07, 6.45) is 3.38. The number of ether oxygens (including phenoxy) is 2.